The molecule has 2 aromatic rings. The van der Waals surface area contributed by atoms with Crippen molar-refractivity contribution in [3.63, 3.8) is 0 Å². The minimum Gasteiger partial charge on any atom is -0.493 e. The number of hydrogen-bond acceptors (Lipinski definition) is 3. The third-order valence-corrected chi connectivity index (χ3v) is 4.21. The Hall–Kier alpha value is -2.80. The highest BCUT2D eigenvalue weighted by Gasteiger charge is 2.21. The molecule has 0 amide bonds. The third kappa shape index (κ3) is 3.10. The number of nitrogens with one attached hydrogen (secondary N) is 1. The van der Waals surface area contributed by atoms with Gasteiger partial charge in [-0.2, -0.15) is 0 Å². The van der Waals surface area contributed by atoms with E-state index < -0.39 is 0 Å². The van der Waals surface area contributed by atoms with Crippen molar-refractivity contribution in [2.24, 2.45) is 4.99 Å². The van der Waals surface area contributed by atoms with Crippen LogP contribution in [0.3, 0.4) is 0 Å². The fourth-order valence-corrected chi connectivity index (χ4v) is 3.10. The molecule has 2 N–H and O–H groups in total. The van der Waals surface area contributed by atoms with E-state index in [1.165, 1.54) is 11.5 Å². The number of nitrogens with zero attached hydrogens (tertiary/aromatic N) is 3. The Morgan fingerprint density at radius 1 is 1.40 bits per heavy atom. The van der Waals surface area contributed by atoms with E-state index in [1.54, 1.807) is 6.08 Å². The molecular weight excluding hydrogens is 336 g/mol. The van der Waals surface area contributed by atoms with Crippen LogP contribution in [0, 0.1) is 11.7 Å². The highest BCUT2D eigenvalue weighted by atomic mass is 32.1. The number of imidazole rings is 1. The molecule has 3 rings (SSSR count). The Morgan fingerprint density at radius 2 is 2.12 bits per heavy atom. The monoisotopic (exact) mass is 355 g/mol. The minimum atomic E-state index is -0.274. The van der Waals surface area contributed by atoms with Gasteiger partial charge in [-0.05, 0) is 47.9 Å². The number of aromatic hydroxyl groups is 1. The number of benzene rings is 1. The minimum absolute atomic E-state index is 0.145. The van der Waals surface area contributed by atoms with Gasteiger partial charge in [-0.3, -0.25) is 13.9 Å². The predicted molar refractivity (Wildman–Crippen MR) is 99.1 cm³/mol. The number of carbonyl (C=O) groups excluding carboxylic acids is 1. The van der Waals surface area contributed by atoms with Gasteiger partial charge in [0.05, 0.1) is 19.7 Å². The lowest BCUT2D eigenvalue weighted by Gasteiger charge is -2.06. The summed E-state index contributed by atoms with van der Waals surface area (Å²) >= 11 is 5.11. The van der Waals surface area contributed by atoms with Crippen molar-refractivity contribution >= 4 is 36.1 Å². The molecule has 0 bridgehead atoms. The van der Waals surface area contributed by atoms with Gasteiger partial charge in [0.15, 0.2) is 10.1 Å². The van der Waals surface area contributed by atoms with Gasteiger partial charge in [0.25, 0.3) is 0 Å². The molecule has 0 unspecified atom stereocenters. The number of H-pyrrole nitrogens is 1. The summed E-state index contributed by atoms with van der Waals surface area (Å²) in [6.07, 6.45) is 3.70. The largest absolute Gasteiger partial charge is 0.493 e. The molecule has 7 heteroatoms. The summed E-state index contributed by atoms with van der Waals surface area (Å²) in [5.74, 6) is 0.317. The fraction of sp³-hybridized carbons (Fsp3) is 0.222. The SMILES string of the molecule is CC(=O)n1c(/C=C2\C=c3ccc(C)cc3=NC2=[N+](C)C)c(O)[nH]c1=S. The van der Waals surface area contributed by atoms with Crippen LogP contribution >= 0.6 is 12.2 Å². The van der Waals surface area contributed by atoms with Crippen LogP contribution in [0.1, 0.15) is 23.0 Å². The lowest BCUT2D eigenvalue weighted by atomic mass is 10.1. The van der Waals surface area contributed by atoms with E-state index in [0.717, 1.165) is 27.5 Å². The Balaban J connectivity index is 2.32. The number of aromatic amines is 1. The van der Waals surface area contributed by atoms with Crippen LogP contribution in [0.4, 0.5) is 0 Å². The molecule has 1 aliphatic rings. The fourth-order valence-electron chi connectivity index (χ4n) is 2.78. The summed E-state index contributed by atoms with van der Waals surface area (Å²) in [6.45, 7) is 3.42. The first-order valence-corrected chi connectivity index (χ1v) is 8.17. The topological polar surface area (TPSA) is 73.4 Å². The van der Waals surface area contributed by atoms with E-state index in [0.29, 0.717) is 5.69 Å². The Bertz CT molecular complexity index is 1130. The summed E-state index contributed by atoms with van der Waals surface area (Å²) < 4.78 is 3.32. The second-order valence-corrected chi connectivity index (χ2v) is 6.54. The van der Waals surface area contributed by atoms with Crippen LogP contribution in [-0.2, 0) is 0 Å². The van der Waals surface area contributed by atoms with Gasteiger partial charge in [-0.15, -0.1) is 0 Å². The van der Waals surface area contributed by atoms with Gasteiger partial charge in [-0.1, -0.05) is 12.1 Å². The van der Waals surface area contributed by atoms with Gasteiger partial charge in [0.1, 0.15) is 5.69 Å². The van der Waals surface area contributed by atoms with E-state index in [-0.39, 0.29) is 16.6 Å². The first kappa shape index (κ1) is 17.0. The molecule has 0 fully saturated rings. The molecule has 1 aromatic carbocycles. The van der Waals surface area contributed by atoms with E-state index in [1.807, 2.05) is 49.9 Å². The zero-order valence-electron chi connectivity index (χ0n) is 14.5. The maximum absolute atomic E-state index is 11.9. The van der Waals surface area contributed by atoms with Gasteiger partial charge in [-0.25, -0.2) is 0 Å². The molecule has 0 spiro atoms. The molecule has 0 saturated carbocycles. The quantitative estimate of drug-likeness (QED) is 0.600. The summed E-state index contributed by atoms with van der Waals surface area (Å²) in [5.41, 5.74) is 2.23. The number of aryl methyl sites for hydroxylation is 1. The van der Waals surface area contributed by atoms with E-state index in [2.05, 4.69) is 4.98 Å². The Morgan fingerprint density at radius 3 is 2.76 bits per heavy atom. The van der Waals surface area contributed by atoms with E-state index in [4.69, 9.17) is 17.2 Å². The molecule has 25 heavy (non-hydrogen) atoms. The molecule has 6 nitrogen and oxygen atoms in total. The predicted octanol–water partition coefficient (Wildman–Crippen LogP) is 1.39. The van der Waals surface area contributed by atoms with Crippen LogP contribution < -0.4 is 10.6 Å². The summed E-state index contributed by atoms with van der Waals surface area (Å²) in [4.78, 5) is 19.2. The van der Waals surface area contributed by atoms with Crippen molar-refractivity contribution in [3.05, 3.63) is 50.4 Å². The molecule has 1 aliphatic heterocycles. The Kier molecular flexibility index (Phi) is 4.26. The first-order chi connectivity index (χ1) is 11.8. The molecule has 128 valence electrons. The number of amidine groups is 1. The van der Waals surface area contributed by atoms with E-state index in [9.17, 15) is 9.90 Å². The molecule has 1 aromatic heterocycles. The van der Waals surface area contributed by atoms with Crippen molar-refractivity contribution in [1.29, 1.82) is 0 Å². The number of aromatic nitrogens is 2. The average Bonchev–Trinajstić information content (AvgIpc) is 2.80. The smallest absolute Gasteiger partial charge is 0.326 e. The van der Waals surface area contributed by atoms with Gasteiger partial charge >= 0.3 is 5.84 Å². The molecule has 0 atom stereocenters. The summed E-state index contributed by atoms with van der Waals surface area (Å²) in [7, 11) is 3.80. The second-order valence-electron chi connectivity index (χ2n) is 6.15. The lowest BCUT2D eigenvalue weighted by Crippen LogP contribution is -2.33. The Labute approximate surface area is 149 Å². The number of rotatable bonds is 1. The van der Waals surface area contributed by atoms with Crippen molar-refractivity contribution in [1.82, 2.24) is 9.55 Å². The maximum Gasteiger partial charge on any atom is 0.326 e. The highest BCUT2D eigenvalue weighted by molar-refractivity contribution is 7.71. The third-order valence-electron chi connectivity index (χ3n) is 3.92. The van der Waals surface area contributed by atoms with Gasteiger partial charge in [0.2, 0.25) is 11.8 Å². The maximum atomic E-state index is 11.9. The van der Waals surface area contributed by atoms with Crippen molar-refractivity contribution in [3.8, 4) is 5.88 Å². The molecular formula is C18H19N4O2S+. The van der Waals surface area contributed by atoms with Crippen LogP contribution in [0.2, 0.25) is 0 Å². The zero-order valence-corrected chi connectivity index (χ0v) is 15.3. The number of hydrogen-bond donors (Lipinski definition) is 2. The highest BCUT2D eigenvalue weighted by Crippen LogP contribution is 2.21. The normalized spacial score (nSPS) is 14.7. The second kappa shape index (κ2) is 6.25. The van der Waals surface area contributed by atoms with Crippen LogP contribution in [-0.4, -0.2) is 45.1 Å². The van der Waals surface area contributed by atoms with Crippen molar-refractivity contribution < 1.29 is 14.5 Å². The lowest BCUT2D eigenvalue weighted by molar-refractivity contribution is -0.464. The average molecular weight is 355 g/mol. The summed E-state index contributed by atoms with van der Waals surface area (Å²) in [6, 6.07) is 6.05. The molecule has 2 heterocycles. The van der Waals surface area contributed by atoms with Crippen molar-refractivity contribution in [2.45, 2.75) is 13.8 Å². The number of carbonyl (C=O) groups is 1. The molecule has 0 radical (unpaired) electrons. The molecule has 0 saturated heterocycles. The standard InChI is InChI=1S/C18H18N4O2S/c1-10-5-6-12-8-13(16(21(3)4)19-14(12)7-10)9-15-17(24)20-18(25)22(15)11(2)23/h5-9H,1-4H3,(H,20,24,25)/p+1. The van der Waals surface area contributed by atoms with Crippen LogP contribution in [0.5, 0.6) is 5.88 Å². The molecule has 0 aliphatic carbocycles. The van der Waals surface area contributed by atoms with Crippen LogP contribution in [0.25, 0.3) is 12.2 Å². The first-order valence-electron chi connectivity index (χ1n) is 7.76. The van der Waals surface area contributed by atoms with E-state index >= 15 is 0 Å². The van der Waals surface area contributed by atoms with Crippen LogP contribution in [0.15, 0.2) is 28.8 Å². The van der Waals surface area contributed by atoms with Crippen molar-refractivity contribution in [2.75, 3.05) is 14.1 Å². The van der Waals surface area contributed by atoms with Gasteiger partial charge in [0, 0.05) is 12.1 Å². The number of fused-ring (bicyclic) bond motifs is 1. The zero-order chi connectivity index (χ0) is 18.3. The summed E-state index contributed by atoms with van der Waals surface area (Å²) in [5, 5.41) is 12.0. The van der Waals surface area contributed by atoms with Gasteiger partial charge < -0.3 is 10.1 Å².